The van der Waals surface area contributed by atoms with Gasteiger partial charge in [-0.2, -0.15) is 0 Å². The highest BCUT2D eigenvalue weighted by molar-refractivity contribution is 5.96. The Balaban J connectivity index is 1.47. The van der Waals surface area contributed by atoms with Crippen LogP contribution in [-0.2, 0) is 4.79 Å². The summed E-state index contributed by atoms with van der Waals surface area (Å²) in [6.45, 7) is 0.778. The summed E-state index contributed by atoms with van der Waals surface area (Å²) >= 11 is 0. The largest absolute Gasteiger partial charge is 0.394 e. The van der Waals surface area contributed by atoms with E-state index in [1.807, 2.05) is 12.1 Å². The summed E-state index contributed by atoms with van der Waals surface area (Å²) in [7, 11) is 0. The Kier molecular flexibility index (Phi) is 5.00. The smallest absolute Gasteiger partial charge is 0.251 e. The molecule has 146 valence electrons. The maximum Gasteiger partial charge on any atom is 0.251 e. The highest BCUT2D eigenvalue weighted by Crippen LogP contribution is 2.40. The molecule has 28 heavy (non-hydrogen) atoms. The molecule has 7 nitrogen and oxygen atoms in total. The highest BCUT2D eigenvalue weighted by atomic mass is 16.3. The van der Waals surface area contributed by atoms with Gasteiger partial charge in [0.25, 0.3) is 11.5 Å². The molecule has 4 rings (SSSR count). The van der Waals surface area contributed by atoms with Gasteiger partial charge < -0.3 is 19.9 Å². The van der Waals surface area contributed by atoms with E-state index in [0.717, 1.165) is 12.1 Å². The average molecular weight is 381 g/mol. The quantitative estimate of drug-likeness (QED) is 0.818. The van der Waals surface area contributed by atoms with Crippen LogP contribution in [0, 0.1) is 5.92 Å². The molecule has 0 aliphatic carbocycles. The van der Waals surface area contributed by atoms with Crippen molar-refractivity contribution in [3.63, 3.8) is 0 Å². The van der Waals surface area contributed by atoms with Crippen LogP contribution in [0.5, 0.6) is 0 Å². The number of likely N-dealkylation sites (tertiary alicyclic amines) is 1. The number of carbonyl (C=O) groups is 2. The third kappa shape index (κ3) is 3.33. The number of aliphatic hydroxyl groups is 1. The minimum absolute atomic E-state index is 0.0186. The fourth-order valence-corrected chi connectivity index (χ4v) is 4.44. The predicted molar refractivity (Wildman–Crippen MR) is 103 cm³/mol. The predicted octanol–water partition coefficient (Wildman–Crippen LogP) is 0.757. The fourth-order valence-electron chi connectivity index (χ4n) is 4.44. The zero-order chi connectivity index (χ0) is 19.7. The SMILES string of the molecule is O=C(NCC(=O)N1C[C@H]2C[C@@H](C1)[C@H](CO)n1c2cccc1=O)c1ccccc1. The maximum atomic E-state index is 12.7. The second kappa shape index (κ2) is 7.59. The van der Waals surface area contributed by atoms with Crippen molar-refractivity contribution < 1.29 is 14.7 Å². The maximum absolute atomic E-state index is 12.7. The van der Waals surface area contributed by atoms with Gasteiger partial charge in [-0.3, -0.25) is 14.4 Å². The Labute approximate surface area is 162 Å². The molecule has 1 saturated heterocycles. The van der Waals surface area contributed by atoms with Gasteiger partial charge in [0, 0.05) is 42.2 Å². The number of carbonyl (C=O) groups excluding carboxylic acids is 2. The first-order valence-electron chi connectivity index (χ1n) is 9.52. The lowest BCUT2D eigenvalue weighted by Crippen LogP contribution is -2.53. The second-order valence-corrected chi connectivity index (χ2v) is 7.45. The van der Waals surface area contributed by atoms with Crippen molar-refractivity contribution in [2.75, 3.05) is 26.2 Å². The minimum Gasteiger partial charge on any atom is -0.394 e. The van der Waals surface area contributed by atoms with Gasteiger partial charge in [-0.15, -0.1) is 0 Å². The second-order valence-electron chi connectivity index (χ2n) is 7.45. The third-order valence-electron chi connectivity index (χ3n) is 5.77. The Bertz CT molecular complexity index is 940. The van der Waals surface area contributed by atoms with E-state index in [4.69, 9.17) is 0 Å². The first-order chi connectivity index (χ1) is 13.6. The van der Waals surface area contributed by atoms with Crippen LogP contribution in [0.3, 0.4) is 0 Å². The van der Waals surface area contributed by atoms with Gasteiger partial charge in [0.1, 0.15) is 0 Å². The van der Waals surface area contributed by atoms with E-state index in [1.54, 1.807) is 39.8 Å². The third-order valence-corrected chi connectivity index (χ3v) is 5.77. The molecular formula is C21H23N3O4. The number of piperidine rings is 1. The number of aliphatic hydroxyl groups excluding tert-OH is 1. The van der Waals surface area contributed by atoms with Crippen molar-refractivity contribution in [2.45, 2.75) is 18.4 Å². The zero-order valence-corrected chi connectivity index (χ0v) is 15.5. The van der Waals surface area contributed by atoms with Crippen LogP contribution >= 0.6 is 0 Å². The number of fused-ring (bicyclic) bond motifs is 4. The average Bonchev–Trinajstić information content (AvgIpc) is 2.73. The van der Waals surface area contributed by atoms with E-state index in [-0.39, 0.29) is 48.4 Å². The first-order valence-corrected chi connectivity index (χ1v) is 9.52. The van der Waals surface area contributed by atoms with Crippen molar-refractivity contribution in [3.05, 3.63) is 70.1 Å². The molecule has 0 unspecified atom stereocenters. The summed E-state index contributed by atoms with van der Waals surface area (Å²) in [5.74, 6) is -0.354. The number of rotatable bonds is 4. The number of amides is 2. The van der Waals surface area contributed by atoms with E-state index in [2.05, 4.69) is 5.32 Å². The van der Waals surface area contributed by atoms with Crippen molar-refractivity contribution >= 4 is 11.8 Å². The van der Waals surface area contributed by atoms with Crippen molar-refractivity contribution in [2.24, 2.45) is 5.92 Å². The molecule has 1 aromatic heterocycles. The topological polar surface area (TPSA) is 91.6 Å². The van der Waals surface area contributed by atoms with Crippen molar-refractivity contribution in [3.8, 4) is 0 Å². The Morgan fingerprint density at radius 2 is 1.86 bits per heavy atom. The van der Waals surface area contributed by atoms with E-state index in [9.17, 15) is 19.5 Å². The lowest BCUT2D eigenvalue weighted by molar-refractivity contribution is -0.133. The van der Waals surface area contributed by atoms with E-state index >= 15 is 0 Å². The van der Waals surface area contributed by atoms with Crippen LogP contribution in [0.15, 0.2) is 53.3 Å². The molecule has 1 fully saturated rings. The number of pyridine rings is 1. The van der Waals surface area contributed by atoms with Crippen LogP contribution < -0.4 is 10.9 Å². The molecule has 7 heteroatoms. The molecule has 2 amide bonds. The summed E-state index contributed by atoms with van der Waals surface area (Å²) in [5, 5.41) is 12.6. The monoisotopic (exact) mass is 381 g/mol. The molecule has 3 heterocycles. The molecule has 2 N–H and O–H groups in total. The standard InChI is InChI=1S/C21H23N3O4/c25-13-18-16-9-15(17-7-4-8-19(26)24(17)18)11-23(12-16)20(27)10-22-21(28)14-5-2-1-3-6-14/h1-8,15-16,18,25H,9-13H2,(H,22,28)/t15-,16+,18+/m1/s1. The van der Waals surface area contributed by atoms with Crippen molar-refractivity contribution in [1.82, 2.24) is 14.8 Å². The summed E-state index contributed by atoms with van der Waals surface area (Å²) < 4.78 is 1.69. The Morgan fingerprint density at radius 3 is 2.61 bits per heavy atom. The number of aromatic nitrogens is 1. The zero-order valence-electron chi connectivity index (χ0n) is 15.5. The summed E-state index contributed by atoms with van der Waals surface area (Å²) in [6, 6.07) is 13.6. The molecule has 3 atom stereocenters. The fraction of sp³-hybridized carbons (Fsp3) is 0.381. The van der Waals surface area contributed by atoms with E-state index in [1.165, 1.54) is 6.07 Å². The number of hydrogen-bond acceptors (Lipinski definition) is 4. The van der Waals surface area contributed by atoms with Gasteiger partial charge >= 0.3 is 0 Å². The van der Waals surface area contributed by atoms with Crippen LogP contribution in [0.2, 0.25) is 0 Å². The van der Waals surface area contributed by atoms with Crippen LogP contribution in [0.25, 0.3) is 0 Å². The highest BCUT2D eigenvalue weighted by Gasteiger charge is 2.41. The van der Waals surface area contributed by atoms with Gasteiger partial charge in [0.05, 0.1) is 19.2 Å². The number of hydrogen-bond donors (Lipinski definition) is 2. The lowest BCUT2D eigenvalue weighted by Gasteiger charge is -2.46. The molecule has 0 saturated carbocycles. The molecule has 2 aromatic rings. The molecule has 2 bridgehead atoms. The van der Waals surface area contributed by atoms with Gasteiger partial charge in [-0.1, -0.05) is 24.3 Å². The first kappa shape index (κ1) is 18.4. The normalized spacial score (nSPS) is 23.0. The minimum atomic E-state index is -0.325. The van der Waals surface area contributed by atoms with E-state index < -0.39 is 0 Å². The van der Waals surface area contributed by atoms with Crippen LogP contribution in [0.4, 0.5) is 0 Å². The Hall–Kier alpha value is -2.93. The number of benzene rings is 1. The molecule has 0 spiro atoms. The molecule has 2 aliphatic rings. The molecular weight excluding hydrogens is 358 g/mol. The van der Waals surface area contributed by atoms with Gasteiger partial charge in [-0.05, 0) is 24.6 Å². The number of nitrogens with zero attached hydrogens (tertiary/aromatic N) is 2. The molecule has 2 aliphatic heterocycles. The lowest BCUT2D eigenvalue weighted by atomic mass is 9.78. The van der Waals surface area contributed by atoms with Gasteiger partial charge in [-0.25, -0.2) is 0 Å². The molecule has 0 radical (unpaired) electrons. The number of nitrogens with one attached hydrogen (secondary N) is 1. The summed E-state index contributed by atoms with van der Waals surface area (Å²) in [5.41, 5.74) is 1.27. The summed E-state index contributed by atoms with van der Waals surface area (Å²) in [4.78, 5) is 39.0. The van der Waals surface area contributed by atoms with Gasteiger partial charge in [0.15, 0.2) is 0 Å². The van der Waals surface area contributed by atoms with Crippen molar-refractivity contribution in [1.29, 1.82) is 0 Å². The van der Waals surface area contributed by atoms with Gasteiger partial charge in [0.2, 0.25) is 5.91 Å². The van der Waals surface area contributed by atoms with E-state index in [0.29, 0.717) is 18.7 Å². The summed E-state index contributed by atoms with van der Waals surface area (Å²) in [6.07, 6.45) is 0.842. The Morgan fingerprint density at radius 1 is 1.07 bits per heavy atom. The van der Waals surface area contributed by atoms with Crippen LogP contribution in [-0.4, -0.2) is 52.6 Å². The molecule has 1 aromatic carbocycles. The van der Waals surface area contributed by atoms with Crippen LogP contribution in [0.1, 0.15) is 34.4 Å².